The van der Waals surface area contributed by atoms with Gasteiger partial charge in [0.05, 0.1) is 6.61 Å². The van der Waals surface area contributed by atoms with Gasteiger partial charge in [0.1, 0.15) is 0 Å². The molecule has 31 heavy (non-hydrogen) atoms. The summed E-state index contributed by atoms with van der Waals surface area (Å²) >= 11 is 0. The molecular formula is C24H41NO6. The van der Waals surface area contributed by atoms with Crippen molar-refractivity contribution in [2.75, 3.05) is 20.3 Å². The SMILES string of the molecule is CCC.COCCCOc1cc(C(=O)C(CC(N)CCCC(=O)O)C(C)C)ccc1O. The van der Waals surface area contributed by atoms with Crippen LogP contribution >= 0.6 is 0 Å². The van der Waals surface area contributed by atoms with E-state index in [9.17, 15) is 14.7 Å². The predicted molar refractivity (Wildman–Crippen MR) is 123 cm³/mol. The summed E-state index contributed by atoms with van der Waals surface area (Å²) in [6.07, 6.45) is 3.55. The van der Waals surface area contributed by atoms with Crippen molar-refractivity contribution in [2.24, 2.45) is 17.6 Å². The number of carboxylic acids is 1. The summed E-state index contributed by atoms with van der Waals surface area (Å²) < 4.78 is 10.5. The van der Waals surface area contributed by atoms with Crippen molar-refractivity contribution < 1.29 is 29.3 Å². The minimum Gasteiger partial charge on any atom is -0.504 e. The number of ketones is 1. The van der Waals surface area contributed by atoms with Gasteiger partial charge in [-0.3, -0.25) is 9.59 Å². The number of ether oxygens (including phenoxy) is 2. The predicted octanol–water partition coefficient (Wildman–Crippen LogP) is 4.65. The molecule has 0 amide bonds. The first-order valence-electron chi connectivity index (χ1n) is 11.1. The Labute approximate surface area is 186 Å². The quantitative estimate of drug-likeness (QED) is 0.285. The van der Waals surface area contributed by atoms with Gasteiger partial charge in [-0.15, -0.1) is 0 Å². The van der Waals surface area contributed by atoms with Crippen molar-refractivity contribution in [3.05, 3.63) is 23.8 Å². The summed E-state index contributed by atoms with van der Waals surface area (Å²) in [5, 5.41) is 18.7. The number of phenolic OH excluding ortho intramolecular Hbond substituents is 1. The van der Waals surface area contributed by atoms with Crippen LogP contribution in [0.15, 0.2) is 18.2 Å². The van der Waals surface area contributed by atoms with Crippen molar-refractivity contribution >= 4 is 11.8 Å². The van der Waals surface area contributed by atoms with Crippen molar-refractivity contribution in [1.82, 2.24) is 0 Å². The average molecular weight is 440 g/mol. The number of Topliss-reactive ketones (excluding diaryl/α,β-unsaturated/α-hetero) is 1. The average Bonchev–Trinajstić information content (AvgIpc) is 2.70. The lowest BCUT2D eigenvalue weighted by atomic mass is 9.82. The smallest absolute Gasteiger partial charge is 0.303 e. The molecule has 0 bridgehead atoms. The maximum atomic E-state index is 13.0. The fraction of sp³-hybridized carbons (Fsp3) is 0.667. The van der Waals surface area contributed by atoms with E-state index in [-0.39, 0.29) is 41.6 Å². The Bertz CT molecular complexity index is 647. The lowest BCUT2D eigenvalue weighted by Gasteiger charge is -2.23. The van der Waals surface area contributed by atoms with E-state index >= 15 is 0 Å². The summed E-state index contributed by atoms with van der Waals surface area (Å²) in [4.78, 5) is 23.7. The van der Waals surface area contributed by atoms with E-state index in [0.717, 1.165) is 0 Å². The molecule has 4 N–H and O–H groups in total. The van der Waals surface area contributed by atoms with Gasteiger partial charge in [-0.25, -0.2) is 0 Å². The lowest BCUT2D eigenvalue weighted by molar-refractivity contribution is -0.137. The van der Waals surface area contributed by atoms with Gasteiger partial charge in [0.2, 0.25) is 0 Å². The topological polar surface area (TPSA) is 119 Å². The summed E-state index contributed by atoms with van der Waals surface area (Å²) in [7, 11) is 1.61. The largest absolute Gasteiger partial charge is 0.504 e. The molecule has 0 aromatic heterocycles. The summed E-state index contributed by atoms with van der Waals surface area (Å²) in [6, 6.07) is 4.38. The second-order valence-electron chi connectivity index (χ2n) is 8.08. The van der Waals surface area contributed by atoms with Gasteiger partial charge in [0.25, 0.3) is 0 Å². The Morgan fingerprint density at radius 2 is 1.77 bits per heavy atom. The van der Waals surface area contributed by atoms with Gasteiger partial charge in [0, 0.05) is 44.1 Å². The number of carbonyl (C=O) groups is 2. The van der Waals surface area contributed by atoms with Gasteiger partial charge in [-0.2, -0.15) is 0 Å². The number of hydrogen-bond acceptors (Lipinski definition) is 6. The molecule has 7 nitrogen and oxygen atoms in total. The highest BCUT2D eigenvalue weighted by atomic mass is 16.5. The number of methoxy groups -OCH3 is 1. The third-order valence-electron chi connectivity index (χ3n) is 4.66. The van der Waals surface area contributed by atoms with E-state index in [1.807, 2.05) is 13.8 Å². The summed E-state index contributed by atoms with van der Waals surface area (Å²) in [5.41, 5.74) is 6.61. The molecule has 0 aliphatic heterocycles. The number of phenols is 1. The third kappa shape index (κ3) is 12.4. The van der Waals surface area contributed by atoms with Crippen LogP contribution in [0.2, 0.25) is 0 Å². The standard InChI is InChI=1S/C21H33NO6.C3H8/c1-14(2)17(13-16(22)6-4-7-20(24)25)21(26)15-8-9-18(23)19(12-15)28-11-5-10-27-3;1-3-2/h8-9,12,14,16-17,23H,4-7,10-11,13,22H2,1-3H3,(H,24,25);3H2,1-2H3. The van der Waals surface area contributed by atoms with Crippen LogP contribution in [-0.4, -0.2) is 48.3 Å². The fourth-order valence-corrected chi connectivity index (χ4v) is 3.02. The van der Waals surface area contributed by atoms with Crippen molar-refractivity contribution in [1.29, 1.82) is 0 Å². The van der Waals surface area contributed by atoms with Crippen LogP contribution in [0.5, 0.6) is 11.5 Å². The second-order valence-corrected chi connectivity index (χ2v) is 8.08. The van der Waals surface area contributed by atoms with Crippen LogP contribution in [0.4, 0.5) is 0 Å². The molecule has 0 saturated carbocycles. The first kappa shape index (κ1) is 28.9. The van der Waals surface area contributed by atoms with Crippen LogP contribution in [0.25, 0.3) is 0 Å². The second kappa shape index (κ2) is 16.6. The van der Waals surface area contributed by atoms with Gasteiger partial charge in [0.15, 0.2) is 17.3 Å². The third-order valence-corrected chi connectivity index (χ3v) is 4.66. The number of benzene rings is 1. The molecule has 0 aliphatic carbocycles. The van der Waals surface area contributed by atoms with Crippen LogP contribution < -0.4 is 10.5 Å². The summed E-state index contributed by atoms with van der Waals surface area (Å²) in [6.45, 7) is 9.11. The zero-order valence-electron chi connectivity index (χ0n) is 19.7. The Hall–Kier alpha value is -2.12. The first-order valence-corrected chi connectivity index (χ1v) is 11.1. The monoisotopic (exact) mass is 439 g/mol. The van der Waals surface area contributed by atoms with Crippen LogP contribution in [0, 0.1) is 11.8 Å². The van der Waals surface area contributed by atoms with E-state index in [1.165, 1.54) is 12.5 Å². The van der Waals surface area contributed by atoms with E-state index < -0.39 is 5.97 Å². The molecule has 0 spiro atoms. The molecule has 0 fully saturated rings. The van der Waals surface area contributed by atoms with Crippen LogP contribution in [0.1, 0.15) is 76.6 Å². The van der Waals surface area contributed by atoms with Crippen molar-refractivity contribution in [3.8, 4) is 11.5 Å². The summed E-state index contributed by atoms with van der Waals surface area (Å²) in [5.74, 6) is -0.838. The maximum absolute atomic E-state index is 13.0. The zero-order valence-corrected chi connectivity index (χ0v) is 19.7. The molecule has 1 rings (SSSR count). The molecular weight excluding hydrogens is 398 g/mol. The number of hydrogen-bond donors (Lipinski definition) is 3. The molecule has 2 atom stereocenters. The molecule has 0 radical (unpaired) electrons. The number of aliphatic carboxylic acids is 1. The number of rotatable bonds is 14. The molecule has 2 unspecified atom stereocenters. The van der Waals surface area contributed by atoms with E-state index in [1.54, 1.807) is 19.2 Å². The Balaban J connectivity index is 0.00000282. The van der Waals surface area contributed by atoms with Crippen molar-refractivity contribution in [3.63, 3.8) is 0 Å². The lowest BCUT2D eigenvalue weighted by Crippen LogP contribution is -2.30. The highest BCUT2D eigenvalue weighted by Gasteiger charge is 2.26. The van der Waals surface area contributed by atoms with E-state index in [0.29, 0.717) is 44.5 Å². The molecule has 1 aromatic rings. The number of aromatic hydroxyl groups is 1. The molecule has 0 aliphatic rings. The fourth-order valence-electron chi connectivity index (χ4n) is 3.02. The normalized spacial score (nSPS) is 12.6. The van der Waals surface area contributed by atoms with Gasteiger partial charge in [-0.1, -0.05) is 34.1 Å². The minimum absolute atomic E-state index is 0.0135. The zero-order chi connectivity index (χ0) is 23.8. The Morgan fingerprint density at radius 3 is 2.32 bits per heavy atom. The number of carboxylic acid groups (broad SMARTS) is 1. The maximum Gasteiger partial charge on any atom is 0.303 e. The van der Waals surface area contributed by atoms with E-state index in [2.05, 4.69) is 13.8 Å². The highest BCUT2D eigenvalue weighted by molar-refractivity contribution is 5.98. The Kier molecular flexibility index (Phi) is 15.4. The van der Waals surface area contributed by atoms with Gasteiger partial charge in [-0.05, 0) is 43.4 Å². The molecule has 0 heterocycles. The highest BCUT2D eigenvalue weighted by Crippen LogP contribution is 2.30. The molecule has 0 saturated heterocycles. The van der Waals surface area contributed by atoms with Gasteiger partial charge >= 0.3 is 5.97 Å². The molecule has 1 aromatic carbocycles. The van der Waals surface area contributed by atoms with Crippen LogP contribution in [0.3, 0.4) is 0 Å². The van der Waals surface area contributed by atoms with Crippen LogP contribution in [-0.2, 0) is 9.53 Å². The number of carbonyl (C=O) groups excluding carboxylic acids is 1. The minimum atomic E-state index is -0.842. The van der Waals surface area contributed by atoms with E-state index in [4.69, 9.17) is 20.3 Å². The Morgan fingerprint density at radius 1 is 1.13 bits per heavy atom. The number of nitrogens with two attached hydrogens (primary N) is 1. The van der Waals surface area contributed by atoms with Crippen molar-refractivity contribution in [2.45, 2.75) is 72.3 Å². The molecule has 178 valence electrons. The van der Waals surface area contributed by atoms with Gasteiger partial charge < -0.3 is 25.4 Å². The molecule has 7 heteroatoms. The first-order chi connectivity index (χ1) is 14.7.